The van der Waals surface area contributed by atoms with E-state index in [1.807, 2.05) is 4.90 Å². The number of nitrogens with zero attached hydrogens (tertiary/aromatic N) is 2. The van der Waals surface area contributed by atoms with Gasteiger partial charge in [0.2, 0.25) is 5.91 Å². The van der Waals surface area contributed by atoms with Crippen LogP contribution in [0.1, 0.15) is 57.9 Å². The van der Waals surface area contributed by atoms with Gasteiger partial charge in [-0.2, -0.15) is 0 Å². The van der Waals surface area contributed by atoms with Gasteiger partial charge >= 0.3 is 0 Å². The minimum Gasteiger partial charge on any atom is -0.370 e. The van der Waals surface area contributed by atoms with Gasteiger partial charge in [0.1, 0.15) is 0 Å². The third-order valence-corrected chi connectivity index (χ3v) is 7.03. The van der Waals surface area contributed by atoms with Crippen LogP contribution in [0.2, 0.25) is 0 Å². The summed E-state index contributed by atoms with van der Waals surface area (Å²) in [7, 11) is 0. The quantitative estimate of drug-likeness (QED) is 0.646. The van der Waals surface area contributed by atoms with Gasteiger partial charge in [-0.15, -0.1) is 0 Å². The molecule has 0 aliphatic carbocycles. The van der Waals surface area contributed by atoms with Crippen molar-refractivity contribution < 1.29 is 9.53 Å². The average Bonchev–Trinajstić information content (AvgIpc) is 3.15. The van der Waals surface area contributed by atoms with E-state index in [0.29, 0.717) is 6.42 Å². The molecule has 0 saturated carbocycles. The Kier molecular flexibility index (Phi) is 6.74. The number of ether oxygens (including phenoxy) is 1. The Bertz CT molecular complexity index is 858. The monoisotopic (exact) mass is 408 g/mol. The van der Waals surface area contributed by atoms with E-state index in [-0.39, 0.29) is 17.6 Å². The summed E-state index contributed by atoms with van der Waals surface area (Å²) < 4.78 is 6.63. The summed E-state index contributed by atoms with van der Waals surface area (Å²) in [5, 5.41) is 2.68. The summed E-state index contributed by atoms with van der Waals surface area (Å²) in [4.78, 5) is 16.9. The fourth-order valence-corrected chi connectivity index (χ4v) is 5.41. The molecule has 2 aromatic carbocycles. The number of likely N-dealkylation sites (tertiary alicyclic amines) is 1. The second-order valence-electron chi connectivity index (χ2n) is 9.02. The molecule has 2 aliphatic rings. The third kappa shape index (κ3) is 4.70. The van der Waals surface area contributed by atoms with Crippen LogP contribution in [0.15, 0.2) is 42.5 Å². The molecular formula is C26H36N2O2. The van der Waals surface area contributed by atoms with Crippen LogP contribution in [0.4, 0.5) is 0 Å². The third-order valence-electron chi connectivity index (χ3n) is 7.03. The Hall–Kier alpha value is -1.91. The topological polar surface area (TPSA) is 32.8 Å². The number of fused-ring (bicyclic) bond motifs is 1. The first kappa shape index (κ1) is 21.3. The van der Waals surface area contributed by atoms with E-state index in [2.05, 4.69) is 61.2 Å². The number of carbonyl (C=O) groups is 1. The lowest BCUT2D eigenvalue weighted by molar-refractivity contribution is -0.132. The van der Waals surface area contributed by atoms with Gasteiger partial charge in [-0.3, -0.25) is 9.69 Å². The van der Waals surface area contributed by atoms with Crippen molar-refractivity contribution in [2.75, 3.05) is 26.2 Å². The molecule has 0 unspecified atom stereocenters. The van der Waals surface area contributed by atoms with Crippen LogP contribution in [0.5, 0.6) is 0 Å². The maximum Gasteiger partial charge on any atom is 0.222 e. The van der Waals surface area contributed by atoms with Crippen molar-refractivity contribution in [2.45, 2.75) is 70.6 Å². The zero-order chi connectivity index (χ0) is 21.0. The van der Waals surface area contributed by atoms with E-state index in [1.165, 1.54) is 22.8 Å². The second kappa shape index (κ2) is 9.49. The Morgan fingerprint density at radius 1 is 1.13 bits per heavy atom. The van der Waals surface area contributed by atoms with Crippen molar-refractivity contribution in [1.82, 2.24) is 9.80 Å². The van der Waals surface area contributed by atoms with Crippen LogP contribution in [-0.2, 0) is 16.1 Å². The maximum absolute atomic E-state index is 12.4. The fraction of sp³-hybridized carbons (Fsp3) is 0.577. The van der Waals surface area contributed by atoms with Crippen molar-refractivity contribution in [1.29, 1.82) is 0 Å². The van der Waals surface area contributed by atoms with Gasteiger partial charge in [0, 0.05) is 32.6 Å². The largest absolute Gasteiger partial charge is 0.370 e. The molecular weight excluding hydrogens is 372 g/mol. The Labute approximate surface area is 181 Å². The molecule has 2 fully saturated rings. The van der Waals surface area contributed by atoms with E-state index in [4.69, 9.17) is 4.74 Å². The molecule has 2 heterocycles. The van der Waals surface area contributed by atoms with Gasteiger partial charge in [-0.05, 0) is 68.8 Å². The van der Waals surface area contributed by atoms with Crippen LogP contribution in [0.25, 0.3) is 10.8 Å². The lowest BCUT2D eigenvalue weighted by Crippen LogP contribution is -2.47. The number of hydrogen-bond donors (Lipinski definition) is 0. The molecule has 1 spiro atoms. The molecule has 0 aromatic heterocycles. The van der Waals surface area contributed by atoms with Crippen molar-refractivity contribution in [2.24, 2.45) is 0 Å². The Morgan fingerprint density at radius 3 is 2.77 bits per heavy atom. The number of benzene rings is 2. The van der Waals surface area contributed by atoms with Crippen molar-refractivity contribution in [3.63, 3.8) is 0 Å². The van der Waals surface area contributed by atoms with Gasteiger partial charge in [0.15, 0.2) is 0 Å². The number of piperidine rings is 1. The predicted octanol–water partition coefficient (Wildman–Crippen LogP) is 5.00. The van der Waals surface area contributed by atoms with E-state index in [1.54, 1.807) is 0 Å². The van der Waals surface area contributed by atoms with E-state index in [9.17, 15) is 4.79 Å². The molecule has 1 amide bonds. The molecule has 0 radical (unpaired) electrons. The molecule has 162 valence electrons. The molecule has 4 nitrogen and oxygen atoms in total. The molecule has 0 bridgehead atoms. The molecule has 4 heteroatoms. The Balaban J connectivity index is 1.35. The predicted molar refractivity (Wildman–Crippen MR) is 122 cm³/mol. The molecule has 30 heavy (non-hydrogen) atoms. The standard InChI is InChI=1S/C26H36N2O2/c1-3-28(4-2)25(29)14-13-23-15-17-26(30-23)16-8-18-27(20-26)19-22-11-7-10-21-9-5-6-12-24(21)22/h5-7,9-12,23H,3-4,8,13-20H2,1-2H3/t23-,26-/m0/s1. The van der Waals surface area contributed by atoms with Crippen molar-refractivity contribution in [3.8, 4) is 0 Å². The number of rotatable bonds is 7. The highest BCUT2D eigenvalue weighted by molar-refractivity contribution is 5.85. The second-order valence-corrected chi connectivity index (χ2v) is 9.02. The zero-order valence-corrected chi connectivity index (χ0v) is 18.6. The molecule has 2 aliphatic heterocycles. The smallest absolute Gasteiger partial charge is 0.222 e. The molecule has 4 rings (SSSR count). The van der Waals surface area contributed by atoms with E-state index < -0.39 is 0 Å². The van der Waals surface area contributed by atoms with Gasteiger partial charge in [-0.25, -0.2) is 0 Å². The van der Waals surface area contributed by atoms with Gasteiger partial charge in [0.25, 0.3) is 0 Å². The number of amides is 1. The number of carbonyl (C=O) groups excluding carboxylic acids is 1. The van der Waals surface area contributed by atoms with Gasteiger partial charge in [-0.1, -0.05) is 42.5 Å². The summed E-state index contributed by atoms with van der Waals surface area (Å²) in [6.45, 7) is 8.83. The lowest BCUT2D eigenvalue weighted by Gasteiger charge is -2.40. The first-order valence-electron chi connectivity index (χ1n) is 11.8. The first-order chi connectivity index (χ1) is 14.6. The van der Waals surface area contributed by atoms with E-state index >= 15 is 0 Å². The SMILES string of the molecule is CCN(CC)C(=O)CC[C@H]1CC[C@]2(CCCN(Cc3cccc4ccccc34)C2)O1. The van der Waals surface area contributed by atoms with Crippen LogP contribution in [-0.4, -0.2) is 53.6 Å². The summed E-state index contributed by atoms with van der Waals surface area (Å²) >= 11 is 0. The summed E-state index contributed by atoms with van der Waals surface area (Å²) in [5.74, 6) is 0.269. The minimum atomic E-state index is -0.00819. The van der Waals surface area contributed by atoms with Gasteiger partial charge in [0.05, 0.1) is 11.7 Å². The highest BCUT2D eigenvalue weighted by Crippen LogP contribution is 2.39. The van der Waals surface area contributed by atoms with Crippen LogP contribution >= 0.6 is 0 Å². The summed E-state index contributed by atoms with van der Waals surface area (Å²) in [5.41, 5.74) is 1.40. The Morgan fingerprint density at radius 2 is 1.93 bits per heavy atom. The summed E-state index contributed by atoms with van der Waals surface area (Å²) in [6.07, 6.45) is 6.27. The van der Waals surface area contributed by atoms with Crippen LogP contribution in [0.3, 0.4) is 0 Å². The zero-order valence-electron chi connectivity index (χ0n) is 18.6. The van der Waals surface area contributed by atoms with Crippen molar-refractivity contribution in [3.05, 3.63) is 48.0 Å². The summed E-state index contributed by atoms with van der Waals surface area (Å²) in [6, 6.07) is 15.3. The molecule has 2 aromatic rings. The number of hydrogen-bond acceptors (Lipinski definition) is 3. The molecule has 2 atom stereocenters. The first-order valence-corrected chi connectivity index (χ1v) is 11.8. The van der Waals surface area contributed by atoms with Crippen LogP contribution in [0, 0.1) is 0 Å². The van der Waals surface area contributed by atoms with Gasteiger partial charge < -0.3 is 9.64 Å². The van der Waals surface area contributed by atoms with Crippen LogP contribution < -0.4 is 0 Å². The minimum absolute atomic E-state index is 0.00819. The normalized spacial score (nSPS) is 24.5. The molecule has 2 saturated heterocycles. The average molecular weight is 409 g/mol. The lowest BCUT2D eigenvalue weighted by atomic mass is 9.89. The highest BCUT2D eigenvalue weighted by atomic mass is 16.5. The van der Waals surface area contributed by atoms with Crippen molar-refractivity contribution >= 4 is 16.7 Å². The fourth-order valence-electron chi connectivity index (χ4n) is 5.41. The van der Waals surface area contributed by atoms with E-state index in [0.717, 1.165) is 58.4 Å². The maximum atomic E-state index is 12.4. The molecule has 0 N–H and O–H groups in total. The highest BCUT2D eigenvalue weighted by Gasteiger charge is 2.43.